The first-order chi connectivity index (χ1) is 13.7. The van der Waals surface area contributed by atoms with Gasteiger partial charge in [-0.3, -0.25) is 0 Å². The van der Waals surface area contributed by atoms with E-state index in [9.17, 15) is 31.5 Å². The van der Waals surface area contributed by atoms with Crippen molar-refractivity contribution in [3.8, 4) is 0 Å². The second-order valence-corrected chi connectivity index (χ2v) is 9.32. The van der Waals surface area contributed by atoms with E-state index in [1.54, 1.807) is 29.4 Å². The molecule has 2 aliphatic rings. The Morgan fingerprint density at radius 1 is 1.17 bits per heavy atom. The molecule has 0 bridgehead atoms. The molecule has 0 amide bonds. The third-order valence-electron chi connectivity index (χ3n) is 4.60. The summed E-state index contributed by atoms with van der Waals surface area (Å²) in [6.07, 6.45) is -2.57. The fourth-order valence-electron chi connectivity index (χ4n) is 2.93. The van der Waals surface area contributed by atoms with Crippen LogP contribution < -0.4 is 4.90 Å². The molecule has 168 valence electrons. The number of hydrogen-bond donors (Lipinski definition) is 2. The van der Waals surface area contributed by atoms with Gasteiger partial charge < -0.3 is 15.1 Å². The van der Waals surface area contributed by atoms with Crippen LogP contribution in [0.25, 0.3) is 0 Å². The van der Waals surface area contributed by atoms with Gasteiger partial charge in [0.25, 0.3) is 0 Å². The van der Waals surface area contributed by atoms with Crippen molar-refractivity contribution in [2.24, 2.45) is 0 Å². The molecule has 1 aromatic heterocycles. The number of nitrogens with zero attached hydrogens (tertiary/aromatic N) is 3. The Morgan fingerprint density at radius 3 is 2.13 bits per heavy atom. The number of aromatic carboxylic acids is 1. The lowest BCUT2D eigenvalue weighted by atomic mass is 10.1. The average Bonchev–Trinajstić information content (AvgIpc) is 3.47. The van der Waals surface area contributed by atoms with E-state index >= 15 is 0 Å². The third kappa shape index (κ3) is 5.59. The predicted molar refractivity (Wildman–Crippen MR) is 100 cm³/mol. The van der Waals surface area contributed by atoms with Crippen LogP contribution >= 0.6 is 0 Å². The number of halogens is 3. The summed E-state index contributed by atoms with van der Waals surface area (Å²) in [5, 5.41) is 16.3. The monoisotopic (exact) mass is 453 g/mol. The molecule has 2 heterocycles. The highest BCUT2D eigenvalue weighted by atomic mass is 32.2. The number of rotatable bonds is 4. The average molecular weight is 453 g/mol. The van der Waals surface area contributed by atoms with Crippen LogP contribution in [0.4, 0.5) is 19.0 Å². The second-order valence-electron chi connectivity index (χ2n) is 7.11. The molecule has 0 spiro atoms. The molecule has 2 N–H and O–H groups in total. The smallest absolute Gasteiger partial charge is 0.478 e. The van der Waals surface area contributed by atoms with Gasteiger partial charge in [0.15, 0.2) is 0 Å². The summed E-state index contributed by atoms with van der Waals surface area (Å²) in [6.45, 7) is 0.812. The highest BCUT2D eigenvalue weighted by Gasteiger charge is 2.40. The first-order valence-electron chi connectivity index (χ1n) is 8.97. The largest absolute Gasteiger partial charge is 0.490 e. The topological polar surface area (TPSA) is 128 Å². The summed E-state index contributed by atoms with van der Waals surface area (Å²) in [4.78, 5) is 26.5. The number of carboxylic acids is 2. The number of aromatic nitrogens is 1. The van der Waals surface area contributed by atoms with Crippen LogP contribution in [0.5, 0.6) is 0 Å². The Hall–Kier alpha value is -2.41. The van der Waals surface area contributed by atoms with Gasteiger partial charge in [-0.25, -0.2) is 27.3 Å². The molecule has 0 unspecified atom stereocenters. The highest BCUT2D eigenvalue weighted by Crippen LogP contribution is 2.32. The lowest BCUT2D eigenvalue weighted by Gasteiger charge is -2.19. The zero-order valence-corrected chi connectivity index (χ0v) is 17.1. The molecular weight excluding hydrogens is 431 g/mol. The fourth-order valence-corrected chi connectivity index (χ4v) is 4.78. The SMILES string of the molecule is CN(C)c1nc2c(cc1C(=O)O)CCN(S(=O)(=O)C1CC1)CC2.O=C(O)C(F)(F)F. The quantitative estimate of drug-likeness (QED) is 0.700. The molecule has 1 fully saturated rings. The first-order valence-corrected chi connectivity index (χ1v) is 10.5. The molecule has 9 nitrogen and oxygen atoms in total. The fraction of sp³-hybridized carbons (Fsp3) is 0.588. The van der Waals surface area contributed by atoms with Crippen molar-refractivity contribution < 1.29 is 41.4 Å². The molecule has 0 atom stereocenters. The van der Waals surface area contributed by atoms with Crippen LogP contribution in [0.1, 0.15) is 34.5 Å². The molecule has 3 rings (SSSR count). The Balaban J connectivity index is 0.000000396. The summed E-state index contributed by atoms with van der Waals surface area (Å²) in [5.41, 5.74) is 1.79. The van der Waals surface area contributed by atoms with Crippen molar-refractivity contribution in [2.75, 3.05) is 32.1 Å². The van der Waals surface area contributed by atoms with Crippen LogP contribution in [0.15, 0.2) is 6.07 Å². The van der Waals surface area contributed by atoms with E-state index in [1.807, 2.05) is 0 Å². The van der Waals surface area contributed by atoms with Crippen LogP contribution in [-0.2, 0) is 27.7 Å². The minimum absolute atomic E-state index is 0.159. The van der Waals surface area contributed by atoms with Crippen molar-refractivity contribution in [1.29, 1.82) is 0 Å². The van der Waals surface area contributed by atoms with Crippen LogP contribution in [-0.4, -0.2) is 78.5 Å². The Labute approximate surface area is 171 Å². The second kappa shape index (κ2) is 8.76. The standard InChI is InChI=1S/C15H21N3O4S.C2HF3O2/c1-17(2)14-12(15(19)20)9-10-5-7-18(8-6-13(10)16-14)23(21,22)11-3-4-11;3-2(4,5)1(6)7/h9,11H,3-8H2,1-2H3,(H,19,20);(H,6,7). The molecule has 1 aromatic rings. The van der Waals surface area contributed by atoms with Gasteiger partial charge >= 0.3 is 18.1 Å². The lowest BCUT2D eigenvalue weighted by molar-refractivity contribution is -0.192. The van der Waals surface area contributed by atoms with Crippen molar-refractivity contribution in [3.05, 3.63) is 22.9 Å². The minimum Gasteiger partial charge on any atom is -0.478 e. The van der Waals surface area contributed by atoms with Crippen molar-refractivity contribution in [2.45, 2.75) is 37.1 Å². The van der Waals surface area contributed by atoms with Crippen molar-refractivity contribution in [1.82, 2.24) is 9.29 Å². The van der Waals surface area contributed by atoms with E-state index in [0.717, 1.165) is 24.1 Å². The van der Waals surface area contributed by atoms with Gasteiger partial charge in [0, 0.05) is 39.3 Å². The summed E-state index contributed by atoms with van der Waals surface area (Å²) >= 11 is 0. The summed E-state index contributed by atoms with van der Waals surface area (Å²) in [5.74, 6) is -3.36. The summed E-state index contributed by atoms with van der Waals surface area (Å²) < 4.78 is 58.1. The maximum absolute atomic E-state index is 12.4. The molecule has 0 aromatic carbocycles. The number of anilines is 1. The zero-order chi connectivity index (χ0) is 22.9. The number of sulfonamides is 1. The minimum atomic E-state index is -5.08. The highest BCUT2D eigenvalue weighted by molar-refractivity contribution is 7.90. The van der Waals surface area contributed by atoms with Crippen LogP contribution in [0.3, 0.4) is 0 Å². The van der Waals surface area contributed by atoms with E-state index in [-0.39, 0.29) is 10.8 Å². The number of hydrogen-bond acceptors (Lipinski definition) is 6. The van der Waals surface area contributed by atoms with Gasteiger partial charge in [-0.2, -0.15) is 13.2 Å². The van der Waals surface area contributed by atoms with Gasteiger partial charge in [0.05, 0.1) is 5.25 Å². The molecule has 0 saturated heterocycles. The van der Waals surface area contributed by atoms with E-state index in [2.05, 4.69) is 4.98 Å². The van der Waals surface area contributed by atoms with Crippen molar-refractivity contribution >= 4 is 27.8 Å². The molecule has 1 aliphatic heterocycles. The molecular formula is C17H22F3N3O6S. The molecule has 0 radical (unpaired) electrons. The van der Waals surface area contributed by atoms with Gasteiger partial charge in [-0.05, 0) is 30.9 Å². The zero-order valence-electron chi connectivity index (χ0n) is 16.3. The van der Waals surface area contributed by atoms with Gasteiger partial charge in [-0.1, -0.05) is 0 Å². The van der Waals surface area contributed by atoms with E-state index in [4.69, 9.17) is 9.90 Å². The molecule has 30 heavy (non-hydrogen) atoms. The van der Waals surface area contributed by atoms with E-state index in [1.165, 1.54) is 0 Å². The number of alkyl halides is 3. The van der Waals surface area contributed by atoms with Crippen LogP contribution in [0.2, 0.25) is 0 Å². The number of pyridine rings is 1. The van der Waals surface area contributed by atoms with Crippen LogP contribution in [0, 0.1) is 0 Å². The van der Waals surface area contributed by atoms with Crippen molar-refractivity contribution in [3.63, 3.8) is 0 Å². The summed E-state index contributed by atoms with van der Waals surface area (Å²) in [7, 11) is 0.299. The first kappa shape index (κ1) is 23.9. The Bertz CT molecular complexity index is 929. The van der Waals surface area contributed by atoms with Gasteiger partial charge in [-0.15, -0.1) is 0 Å². The maximum Gasteiger partial charge on any atom is 0.490 e. The number of carboxylic acid groups (broad SMARTS) is 2. The number of carbonyl (C=O) groups is 2. The Kier molecular flexibility index (Phi) is 6.97. The van der Waals surface area contributed by atoms with Gasteiger partial charge in [0.2, 0.25) is 10.0 Å². The van der Waals surface area contributed by atoms with Gasteiger partial charge in [0.1, 0.15) is 11.4 Å². The lowest BCUT2D eigenvalue weighted by Crippen LogP contribution is -2.35. The summed E-state index contributed by atoms with van der Waals surface area (Å²) in [6, 6.07) is 1.65. The maximum atomic E-state index is 12.4. The normalized spacial score (nSPS) is 17.2. The Morgan fingerprint density at radius 2 is 1.70 bits per heavy atom. The molecule has 1 saturated carbocycles. The number of fused-ring (bicyclic) bond motifs is 1. The predicted octanol–water partition coefficient (Wildman–Crippen LogP) is 1.37. The number of aliphatic carboxylic acids is 1. The van der Waals surface area contributed by atoms with E-state index in [0.29, 0.717) is 31.7 Å². The molecule has 13 heteroatoms. The van der Waals surface area contributed by atoms with E-state index < -0.39 is 28.1 Å². The molecule has 1 aliphatic carbocycles. The third-order valence-corrected chi connectivity index (χ3v) is 7.00.